The van der Waals surface area contributed by atoms with E-state index >= 15 is 0 Å². The molecule has 0 fully saturated rings. The standard InChI is InChI=1S/C25H19ClN2O2S/c26-22-9-5-4-8-20(22)16-30-21-13-10-18(11-14-21)12-15-24(29)28-25-27-23(17-31-25)19-6-2-1-3-7-19/h1-15,17H,16H2,(H,27,28,29)/b15-12+. The highest BCUT2D eigenvalue weighted by atomic mass is 35.5. The van der Waals surface area contributed by atoms with Crippen LogP contribution in [0.2, 0.25) is 5.02 Å². The van der Waals surface area contributed by atoms with Gasteiger partial charge >= 0.3 is 0 Å². The summed E-state index contributed by atoms with van der Waals surface area (Å²) in [6, 6.07) is 25.0. The average Bonchev–Trinajstić information content (AvgIpc) is 3.27. The molecule has 0 bridgehead atoms. The molecular weight excluding hydrogens is 428 g/mol. The van der Waals surface area contributed by atoms with E-state index in [2.05, 4.69) is 10.3 Å². The van der Waals surface area contributed by atoms with Crippen LogP contribution in [-0.2, 0) is 11.4 Å². The predicted molar refractivity (Wildman–Crippen MR) is 127 cm³/mol. The number of rotatable bonds is 7. The van der Waals surface area contributed by atoms with E-state index in [1.54, 1.807) is 6.08 Å². The number of nitrogens with one attached hydrogen (secondary N) is 1. The molecule has 1 amide bonds. The van der Waals surface area contributed by atoms with Crippen LogP contribution in [0.15, 0.2) is 90.3 Å². The number of amides is 1. The number of anilines is 1. The molecule has 6 heteroatoms. The van der Waals surface area contributed by atoms with Crippen LogP contribution in [0.3, 0.4) is 0 Å². The molecule has 0 aliphatic carbocycles. The number of carbonyl (C=O) groups is 1. The third kappa shape index (κ3) is 5.81. The first-order valence-corrected chi connectivity index (χ1v) is 10.9. The Bertz CT molecular complexity index is 1190. The highest BCUT2D eigenvalue weighted by Gasteiger charge is 2.06. The van der Waals surface area contributed by atoms with Crippen LogP contribution in [0.4, 0.5) is 5.13 Å². The molecular formula is C25H19ClN2O2S. The highest BCUT2D eigenvalue weighted by Crippen LogP contribution is 2.24. The monoisotopic (exact) mass is 446 g/mol. The van der Waals surface area contributed by atoms with Gasteiger partial charge in [-0.25, -0.2) is 4.98 Å². The summed E-state index contributed by atoms with van der Waals surface area (Å²) in [5, 5.41) is 5.98. The Morgan fingerprint density at radius 3 is 2.52 bits per heavy atom. The fourth-order valence-electron chi connectivity index (χ4n) is 2.84. The van der Waals surface area contributed by atoms with Crippen molar-refractivity contribution in [2.24, 2.45) is 0 Å². The number of hydrogen-bond acceptors (Lipinski definition) is 4. The van der Waals surface area contributed by atoms with Crippen molar-refractivity contribution >= 4 is 40.1 Å². The maximum absolute atomic E-state index is 12.2. The Morgan fingerprint density at radius 1 is 1.00 bits per heavy atom. The maximum atomic E-state index is 12.2. The number of thiazole rings is 1. The lowest BCUT2D eigenvalue weighted by Crippen LogP contribution is -2.07. The fourth-order valence-corrected chi connectivity index (χ4v) is 3.76. The minimum absolute atomic E-state index is 0.229. The predicted octanol–water partition coefficient (Wildman–Crippen LogP) is 6.69. The second kappa shape index (κ2) is 10.1. The number of aromatic nitrogens is 1. The lowest BCUT2D eigenvalue weighted by atomic mass is 10.2. The number of halogens is 1. The molecule has 0 saturated carbocycles. The van der Waals surface area contributed by atoms with Crippen LogP contribution < -0.4 is 10.1 Å². The van der Waals surface area contributed by atoms with E-state index in [-0.39, 0.29) is 5.91 Å². The van der Waals surface area contributed by atoms with Crippen molar-refractivity contribution in [3.63, 3.8) is 0 Å². The van der Waals surface area contributed by atoms with Crippen LogP contribution in [0.25, 0.3) is 17.3 Å². The zero-order valence-electron chi connectivity index (χ0n) is 16.5. The van der Waals surface area contributed by atoms with Crippen molar-refractivity contribution in [1.82, 2.24) is 4.98 Å². The van der Waals surface area contributed by atoms with Crippen LogP contribution in [0.1, 0.15) is 11.1 Å². The van der Waals surface area contributed by atoms with Gasteiger partial charge in [0.15, 0.2) is 5.13 Å². The molecule has 4 aromatic rings. The summed E-state index contributed by atoms with van der Waals surface area (Å²) >= 11 is 7.54. The number of carbonyl (C=O) groups excluding carboxylic acids is 1. The Labute approximate surface area is 189 Å². The Morgan fingerprint density at radius 2 is 1.74 bits per heavy atom. The summed E-state index contributed by atoms with van der Waals surface area (Å²) in [4.78, 5) is 16.7. The molecule has 0 spiro atoms. The quantitative estimate of drug-likeness (QED) is 0.321. The van der Waals surface area contributed by atoms with Crippen molar-refractivity contribution < 1.29 is 9.53 Å². The Balaban J connectivity index is 1.31. The number of benzene rings is 3. The third-order valence-electron chi connectivity index (χ3n) is 4.46. The zero-order chi connectivity index (χ0) is 21.5. The molecule has 4 rings (SSSR count). The third-order valence-corrected chi connectivity index (χ3v) is 5.59. The van der Waals surface area contributed by atoms with Gasteiger partial charge in [-0.3, -0.25) is 10.1 Å². The molecule has 0 aliphatic heterocycles. The minimum atomic E-state index is -0.229. The smallest absolute Gasteiger partial charge is 0.250 e. The van der Waals surface area contributed by atoms with E-state index in [0.717, 1.165) is 28.1 Å². The summed E-state index contributed by atoms with van der Waals surface area (Å²) in [6.07, 6.45) is 3.24. The van der Waals surface area contributed by atoms with Gasteiger partial charge in [0.25, 0.3) is 0 Å². The average molecular weight is 447 g/mol. The largest absolute Gasteiger partial charge is 0.489 e. The summed E-state index contributed by atoms with van der Waals surface area (Å²) in [5.41, 5.74) is 3.69. The van der Waals surface area contributed by atoms with Crippen LogP contribution in [0, 0.1) is 0 Å². The summed E-state index contributed by atoms with van der Waals surface area (Å²) in [5.74, 6) is 0.505. The normalized spacial score (nSPS) is 10.9. The molecule has 0 saturated heterocycles. The van der Waals surface area contributed by atoms with Gasteiger partial charge in [0.1, 0.15) is 12.4 Å². The van der Waals surface area contributed by atoms with E-state index in [4.69, 9.17) is 16.3 Å². The molecule has 1 aromatic heterocycles. The van der Waals surface area contributed by atoms with E-state index in [9.17, 15) is 4.79 Å². The number of ether oxygens (including phenoxy) is 1. The topological polar surface area (TPSA) is 51.2 Å². The van der Waals surface area contributed by atoms with Crippen LogP contribution in [0.5, 0.6) is 5.75 Å². The lowest BCUT2D eigenvalue weighted by molar-refractivity contribution is -0.111. The molecule has 0 unspecified atom stereocenters. The van der Waals surface area contributed by atoms with Crippen molar-refractivity contribution in [2.75, 3.05) is 5.32 Å². The Kier molecular flexibility index (Phi) is 6.77. The van der Waals surface area contributed by atoms with Gasteiger partial charge in [-0.05, 0) is 29.8 Å². The molecule has 1 heterocycles. The number of nitrogens with zero attached hydrogens (tertiary/aromatic N) is 1. The van der Waals surface area contributed by atoms with Gasteiger partial charge in [0, 0.05) is 27.6 Å². The molecule has 4 nitrogen and oxygen atoms in total. The first kappa shape index (κ1) is 20.8. The minimum Gasteiger partial charge on any atom is -0.489 e. The second-order valence-corrected chi connectivity index (χ2v) is 7.94. The highest BCUT2D eigenvalue weighted by molar-refractivity contribution is 7.14. The molecule has 0 radical (unpaired) electrons. The Hall–Kier alpha value is -3.41. The maximum Gasteiger partial charge on any atom is 0.250 e. The molecule has 1 N–H and O–H groups in total. The van der Waals surface area contributed by atoms with E-state index in [1.165, 1.54) is 17.4 Å². The van der Waals surface area contributed by atoms with Crippen LogP contribution in [-0.4, -0.2) is 10.9 Å². The van der Waals surface area contributed by atoms with Crippen LogP contribution >= 0.6 is 22.9 Å². The van der Waals surface area contributed by atoms with Crippen molar-refractivity contribution in [3.8, 4) is 17.0 Å². The van der Waals surface area contributed by atoms with E-state index < -0.39 is 0 Å². The first-order valence-electron chi connectivity index (χ1n) is 9.64. The van der Waals surface area contributed by atoms with Crippen molar-refractivity contribution in [2.45, 2.75) is 6.61 Å². The SMILES string of the molecule is O=C(/C=C/c1ccc(OCc2ccccc2Cl)cc1)Nc1nc(-c2ccccc2)cs1. The van der Waals surface area contributed by atoms with Gasteiger partial charge in [0.2, 0.25) is 5.91 Å². The van der Waals surface area contributed by atoms with E-state index in [1.807, 2.05) is 84.2 Å². The molecule has 0 atom stereocenters. The van der Waals surface area contributed by atoms with Gasteiger partial charge in [-0.2, -0.15) is 0 Å². The first-order chi connectivity index (χ1) is 15.2. The van der Waals surface area contributed by atoms with E-state index in [0.29, 0.717) is 16.8 Å². The lowest BCUT2D eigenvalue weighted by Gasteiger charge is -2.07. The molecule has 31 heavy (non-hydrogen) atoms. The van der Waals surface area contributed by atoms with Gasteiger partial charge in [-0.1, -0.05) is 72.3 Å². The second-order valence-electron chi connectivity index (χ2n) is 6.68. The molecule has 0 aliphatic rings. The van der Waals surface area contributed by atoms with Gasteiger partial charge < -0.3 is 4.74 Å². The fraction of sp³-hybridized carbons (Fsp3) is 0.0400. The van der Waals surface area contributed by atoms with Crippen molar-refractivity contribution in [3.05, 3.63) is 106 Å². The summed E-state index contributed by atoms with van der Waals surface area (Å²) in [6.45, 7) is 0.399. The summed E-state index contributed by atoms with van der Waals surface area (Å²) < 4.78 is 5.78. The number of hydrogen-bond donors (Lipinski definition) is 1. The molecule has 3 aromatic carbocycles. The van der Waals surface area contributed by atoms with Gasteiger partial charge in [-0.15, -0.1) is 11.3 Å². The zero-order valence-corrected chi connectivity index (χ0v) is 18.1. The van der Waals surface area contributed by atoms with Gasteiger partial charge in [0.05, 0.1) is 5.69 Å². The van der Waals surface area contributed by atoms with Crippen molar-refractivity contribution in [1.29, 1.82) is 0 Å². The summed E-state index contributed by atoms with van der Waals surface area (Å²) in [7, 11) is 0. The molecule has 154 valence electrons.